The molecular weight excluding hydrogens is 286 g/mol. The van der Waals surface area contributed by atoms with Crippen LogP contribution in [0.5, 0.6) is 0 Å². The zero-order valence-electron chi connectivity index (χ0n) is 11.4. The molecule has 0 spiro atoms. The van der Waals surface area contributed by atoms with Crippen molar-refractivity contribution in [3.05, 3.63) is 47.4 Å². The number of rotatable bonds is 2. The SMILES string of the molecule is N#Cc1nc(N2CCN(c3ccncc3)CC2)ccc1Cl. The Morgan fingerprint density at radius 3 is 2.33 bits per heavy atom. The normalized spacial score (nSPS) is 14.9. The van der Waals surface area contributed by atoms with Crippen LogP contribution in [-0.4, -0.2) is 36.1 Å². The summed E-state index contributed by atoms with van der Waals surface area (Å²) in [6.45, 7) is 3.55. The molecule has 0 amide bonds. The molecule has 0 radical (unpaired) electrons. The Balaban J connectivity index is 1.70. The van der Waals surface area contributed by atoms with Gasteiger partial charge in [0.2, 0.25) is 0 Å². The number of aromatic nitrogens is 2. The molecular formula is C15H14ClN5. The predicted octanol–water partition coefficient (Wildman–Crippen LogP) is 2.33. The molecule has 6 heteroatoms. The molecule has 5 nitrogen and oxygen atoms in total. The Labute approximate surface area is 128 Å². The smallest absolute Gasteiger partial charge is 0.161 e. The van der Waals surface area contributed by atoms with Crippen LogP contribution < -0.4 is 9.80 Å². The van der Waals surface area contributed by atoms with Gasteiger partial charge in [0.1, 0.15) is 11.9 Å². The van der Waals surface area contributed by atoms with Crippen LogP contribution in [0.25, 0.3) is 0 Å². The van der Waals surface area contributed by atoms with E-state index in [-0.39, 0.29) is 5.69 Å². The first-order valence-electron chi connectivity index (χ1n) is 6.74. The van der Waals surface area contributed by atoms with Gasteiger partial charge in [0.15, 0.2) is 5.69 Å². The Hall–Kier alpha value is -2.32. The fraction of sp³-hybridized carbons (Fsp3) is 0.267. The van der Waals surface area contributed by atoms with Crippen molar-refractivity contribution in [3.8, 4) is 6.07 Å². The lowest BCUT2D eigenvalue weighted by Crippen LogP contribution is -2.46. The van der Waals surface area contributed by atoms with Gasteiger partial charge in [-0.3, -0.25) is 4.98 Å². The lowest BCUT2D eigenvalue weighted by atomic mass is 10.2. The van der Waals surface area contributed by atoms with Crippen LogP contribution in [0.4, 0.5) is 11.5 Å². The van der Waals surface area contributed by atoms with Gasteiger partial charge in [0, 0.05) is 44.3 Å². The monoisotopic (exact) mass is 299 g/mol. The van der Waals surface area contributed by atoms with Crippen LogP contribution in [0.15, 0.2) is 36.7 Å². The molecule has 0 unspecified atom stereocenters. The minimum Gasteiger partial charge on any atom is -0.368 e. The molecule has 3 heterocycles. The first kappa shape index (κ1) is 13.7. The largest absolute Gasteiger partial charge is 0.368 e. The van der Waals surface area contributed by atoms with Crippen molar-refractivity contribution in [1.29, 1.82) is 5.26 Å². The molecule has 1 saturated heterocycles. The Kier molecular flexibility index (Phi) is 3.89. The lowest BCUT2D eigenvalue weighted by Gasteiger charge is -2.36. The highest BCUT2D eigenvalue weighted by atomic mass is 35.5. The average molecular weight is 300 g/mol. The summed E-state index contributed by atoms with van der Waals surface area (Å²) in [5, 5.41) is 9.40. The molecule has 0 atom stereocenters. The minimum absolute atomic E-state index is 0.283. The maximum Gasteiger partial charge on any atom is 0.161 e. The molecule has 0 N–H and O–H groups in total. The fourth-order valence-corrected chi connectivity index (χ4v) is 2.58. The minimum atomic E-state index is 0.283. The lowest BCUT2D eigenvalue weighted by molar-refractivity contribution is 0.647. The number of piperazine rings is 1. The second kappa shape index (κ2) is 5.98. The molecule has 3 rings (SSSR count). The molecule has 0 aliphatic carbocycles. The second-order valence-corrected chi connectivity index (χ2v) is 5.20. The first-order valence-corrected chi connectivity index (χ1v) is 7.12. The first-order chi connectivity index (χ1) is 10.3. The van der Waals surface area contributed by atoms with E-state index >= 15 is 0 Å². The third kappa shape index (κ3) is 2.91. The number of nitrogens with zero attached hydrogens (tertiary/aromatic N) is 5. The summed E-state index contributed by atoms with van der Waals surface area (Å²) >= 11 is 5.92. The van der Waals surface area contributed by atoms with Crippen molar-refractivity contribution >= 4 is 23.1 Å². The Bertz CT molecular complexity index is 660. The summed E-state index contributed by atoms with van der Waals surface area (Å²) in [5.41, 5.74) is 1.47. The van der Waals surface area contributed by atoms with Gasteiger partial charge in [0.25, 0.3) is 0 Å². The van der Waals surface area contributed by atoms with Crippen LogP contribution in [0.1, 0.15) is 5.69 Å². The zero-order valence-corrected chi connectivity index (χ0v) is 12.2. The van der Waals surface area contributed by atoms with Gasteiger partial charge in [-0.25, -0.2) is 4.98 Å². The molecule has 1 aliphatic rings. The van der Waals surface area contributed by atoms with Crippen LogP contribution in [0.2, 0.25) is 5.02 Å². The third-order valence-corrected chi connectivity index (χ3v) is 3.87. The summed E-state index contributed by atoms with van der Waals surface area (Å²) < 4.78 is 0. The Morgan fingerprint density at radius 1 is 1.00 bits per heavy atom. The summed E-state index contributed by atoms with van der Waals surface area (Å²) in [7, 11) is 0. The van der Waals surface area contributed by atoms with Gasteiger partial charge >= 0.3 is 0 Å². The standard InChI is InChI=1S/C15H14ClN5/c16-13-1-2-15(19-14(13)11-17)21-9-7-20(8-10-21)12-3-5-18-6-4-12/h1-6H,7-10H2. The molecule has 2 aromatic heterocycles. The summed E-state index contributed by atoms with van der Waals surface area (Å²) in [5.74, 6) is 0.810. The van der Waals surface area contributed by atoms with Crippen molar-refractivity contribution in [3.63, 3.8) is 0 Å². The van der Waals surface area contributed by atoms with Gasteiger partial charge in [0.05, 0.1) is 5.02 Å². The zero-order chi connectivity index (χ0) is 14.7. The van der Waals surface area contributed by atoms with Crippen LogP contribution >= 0.6 is 11.6 Å². The van der Waals surface area contributed by atoms with Crippen molar-refractivity contribution in [1.82, 2.24) is 9.97 Å². The van der Waals surface area contributed by atoms with E-state index in [9.17, 15) is 0 Å². The topological polar surface area (TPSA) is 56.1 Å². The summed E-state index contributed by atoms with van der Waals surface area (Å²) in [6.07, 6.45) is 3.61. The molecule has 21 heavy (non-hydrogen) atoms. The van der Waals surface area contributed by atoms with Crippen LogP contribution in [0, 0.1) is 11.3 Å². The highest BCUT2D eigenvalue weighted by molar-refractivity contribution is 6.31. The highest BCUT2D eigenvalue weighted by Crippen LogP contribution is 2.21. The van der Waals surface area contributed by atoms with E-state index in [1.54, 1.807) is 6.07 Å². The number of nitriles is 1. The predicted molar refractivity (Wildman–Crippen MR) is 82.6 cm³/mol. The summed E-state index contributed by atoms with van der Waals surface area (Å²) in [4.78, 5) is 12.9. The number of pyridine rings is 2. The van der Waals surface area contributed by atoms with E-state index in [1.807, 2.05) is 36.7 Å². The van der Waals surface area contributed by atoms with E-state index < -0.39 is 0 Å². The molecule has 2 aromatic rings. The molecule has 1 aliphatic heterocycles. The maximum atomic E-state index is 9.00. The van der Waals surface area contributed by atoms with Crippen LogP contribution in [-0.2, 0) is 0 Å². The highest BCUT2D eigenvalue weighted by Gasteiger charge is 2.19. The van der Waals surface area contributed by atoms with Gasteiger partial charge in [-0.15, -0.1) is 0 Å². The van der Waals surface area contributed by atoms with Crippen LogP contribution in [0.3, 0.4) is 0 Å². The number of hydrogen-bond acceptors (Lipinski definition) is 5. The maximum absolute atomic E-state index is 9.00. The van der Waals surface area contributed by atoms with E-state index in [2.05, 4.69) is 19.8 Å². The van der Waals surface area contributed by atoms with E-state index in [1.165, 1.54) is 5.69 Å². The second-order valence-electron chi connectivity index (χ2n) is 4.79. The van der Waals surface area contributed by atoms with Crippen molar-refractivity contribution in [2.75, 3.05) is 36.0 Å². The molecule has 106 valence electrons. The molecule has 0 bridgehead atoms. The van der Waals surface area contributed by atoms with Gasteiger partial charge in [-0.2, -0.15) is 5.26 Å². The van der Waals surface area contributed by atoms with E-state index in [0.29, 0.717) is 5.02 Å². The molecule has 0 saturated carbocycles. The fourth-order valence-electron chi connectivity index (χ4n) is 2.43. The Morgan fingerprint density at radius 2 is 1.67 bits per heavy atom. The van der Waals surface area contributed by atoms with Crippen molar-refractivity contribution in [2.45, 2.75) is 0 Å². The number of halogens is 1. The average Bonchev–Trinajstić information content (AvgIpc) is 2.56. The quantitative estimate of drug-likeness (QED) is 0.852. The van der Waals surface area contributed by atoms with Crippen molar-refractivity contribution < 1.29 is 0 Å². The number of hydrogen-bond donors (Lipinski definition) is 0. The van der Waals surface area contributed by atoms with Crippen molar-refractivity contribution in [2.24, 2.45) is 0 Å². The van der Waals surface area contributed by atoms with E-state index in [0.717, 1.165) is 32.0 Å². The van der Waals surface area contributed by atoms with Gasteiger partial charge < -0.3 is 9.80 Å². The summed E-state index contributed by atoms with van der Waals surface area (Å²) in [6, 6.07) is 9.66. The molecule has 0 aromatic carbocycles. The number of anilines is 2. The molecule has 1 fully saturated rings. The van der Waals surface area contributed by atoms with Gasteiger partial charge in [-0.1, -0.05) is 11.6 Å². The van der Waals surface area contributed by atoms with E-state index in [4.69, 9.17) is 16.9 Å². The van der Waals surface area contributed by atoms with Gasteiger partial charge in [-0.05, 0) is 24.3 Å². The third-order valence-electron chi connectivity index (χ3n) is 3.57.